The zero-order valence-electron chi connectivity index (χ0n) is 10.4. The molecular weight excluding hydrogens is 306 g/mol. The van der Waals surface area contributed by atoms with Crippen molar-refractivity contribution in [2.75, 3.05) is 5.73 Å². The van der Waals surface area contributed by atoms with Crippen molar-refractivity contribution in [1.29, 1.82) is 0 Å². The first-order valence-corrected chi connectivity index (χ1v) is 6.88. The molecule has 0 saturated heterocycles. The number of thiophene rings is 1. The van der Waals surface area contributed by atoms with Crippen molar-refractivity contribution < 1.29 is 13.6 Å². The number of halogens is 3. The number of nitrogens with two attached hydrogens (primary N) is 1. The quantitative estimate of drug-likeness (QED) is 0.847. The van der Waals surface area contributed by atoms with Gasteiger partial charge in [-0.05, 0) is 31.2 Å². The minimum absolute atomic E-state index is 0.371. The summed E-state index contributed by atoms with van der Waals surface area (Å²) in [5.41, 5.74) is 4.47. The Labute approximate surface area is 123 Å². The fraction of sp³-hybridized carbons (Fsp3) is 0.154. The summed E-state index contributed by atoms with van der Waals surface area (Å²) in [6.07, 6.45) is 0. The lowest BCUT2D eigenvalue weighted by atomic mass is 10.1. The van der Waals surface area contributed by atoms with Crippen molar-refractivity contribution in [3.8, 4) is 0 Å². The monoisotopic (exact) mass is 316 g/mol. The predicted octanol–water partition coefficient (Wildman–Crippen LogP) is 3.75. The molecule has 1 aromatic carbocycles. The number of nitrogens with one attached hydrogen (secondary N) is 1. The van der Waals surface area contributed by atoms with E-state index in [9.17, 15) is 13.6 Å². The second kappa shape index (κ2) is 5.76. The van der Waals surface area contributed by atoms with Crippen LogP contribution in [0, 0.1) is 11.6 Å². The molecule has 1 amide bonds. The van der Waals surface area contributed by atoms with E-state index in [1.807, 2.05) is 0 Å². The molecule has 0 radical (unpaired) electrons. The summed E-state index contributed by atoms with van der Waals surface area (Å²) < 4.78 is 27.5. The van der Waals surface area contributed by atoms with Gasteiger partial charge in [0.05, 0.1) is 21.6 Å². The Kier molecular flexibility index (Phi) is 4.25. The highest BCUT2D eigenvalue weighted by molar-refractivity contribution is 7.16. The van der Waals surface area contributed by atoms with Crippen molar-refractivity contribution in [2.45, 2.75) is 13.0 Å². The fourth-order valence-electron chi connectivity index (χ4n) is 1.68. The number of carbonyl (C=O) groups excluding carboxylic acids is 1. The van der Waals surface area contributed by atoms with Gasteiger partial charge in [0.2, 0.25) is 0 Å². The molecule has 0 saturated carbocycles. The van der Waals surface area contributed by atoms with E-state index in [4.69, 9.17) is 17.3 Å². The molecule has 1 unspecified atom stereocenters. The van der Waals surface area contributed by atoms with Crippen LogP contribution in [0.15, 0.2) is 24.3 Å². The Balaban J connectivity index is 2.20. The predicted molar refractivity (Wildman–Crippen MR) is 76.0 cm³/mol. The molecule has 0 fully saturated rings. The third-order valence-corrected chi connectivity index (χ3v) is 4.09. The van der Waals surface area contributed by atoms with Gasteiger partial charge in [-0.2, -0.15) is 0 Å². The Morgan fingerprint density at radius 3 is 2.70 bits per heavy atom. The molecule has 3 N–H and O–H groups in total. The molecule has 0 spiro atoms. The van der Waals surface area contributed by atoms with Gasteiger partial charge in [0.1, 0.15) is 5.82 Å². The van der Waals surface area contributed by atoms with Gasteiger partial charge >= 0.3 is 0 Å². The van der Waals surface area contributed by atoms with Gasteiger partial charge in [-0.1, -0.05) is 11.6 Å². The molecule has 0 aliphatic carbocycles. The van der Waals surface area contributed by atoms with Crippen LogP contribution in [-0.4, -0.2) is 5.91 Å². The molecule has 3 nitrogen and oxygen atoms in total. The highest BCUT2D eigenvalue weighted by Gasteiger charge is 2.19. The Morgan fingerprint density at radius 1 is 1.40 bits per heavy atom. The molecule has 7 heteroatoms. The van der Waals surface area contributed by atoms with Crippen LogP contribution in [0.5, 0.6) is 0 Å². The average molecular weight is 317 g/mol. The standard InChI is InChI=1S/C13H11ClF2N2OS/c1-6(10-2-3-11(14)20-10)18-13(19)8-4-7(15)5-9(17)12(8)16/h2-6H,17H2,1H3,(H,18,19). The van der Waals surface area contributed by atoms with Crippen molar-refractivity contribution in [3.05, 3.63) is 50.7 Å². The van der Waals surface area contributed by atoms with E-state index >= 15 is 0 Å². The minimum Gasteiger partial charge on any atom is -0.396 e. The first-order chi connectivity index (χ1) is 9.38. The Hall–Kier alpha value is -1.66. The summed E-state index contributed by atoms with van der Waals surface area (Å²) in [6.45, 7) is 1.72. The molecule has 2 aromatic rings. The summed E-state index contributed by atoms with van der Waals surface area (Å²) in [4.78, 5) is 12.8. The molecule has 20 heavy (non-hydrogen) atoms. The van der Waals surface area contributed by atoms with E-state index in [0.29, 0.717) is 4.34 Å². The molecule has 0 aliphatic rings. The van der Waals surface area contributed by atoms with Crippen molar-refractivity contribution >= 4 is 34.5 Å². The van der Waals surface area contributed by atoms with Crippen molar-refractivity contribution in [3.63, 3.8) is 0 Å². The van der Waals surface area contributed by atoms with Gasteiger partial charge in [-0.25, -0.2) is 8.78 Å². The van der Waals surface area contributed by atoms with Gasteiger partial charge < -0.3 is 11.1 Å². The van der Waals surface area contributed by atoms with Crippen LogP contribution in [0.2, 0.25) is 4.34 Å². The molecule has 1 aromatic heterocycles. The third-order valence-electron chi connectivity index (χ3n) is 2.68. The number of rotatable bonds is 3. The number of carbonyl (C=O) groups is 1. The Morgan fingerprint density at radius 2 is 2.10 bits per heavy atom. The number of hydrogen-bond donors (Lipinski definition) is 2. The zero-order chi connectivity index (χ0) is 14.9. The van der Waals surface area contributed by atoms with Crippen LogP contribution in [0.3, 0.4) is 0 Å². The highest BCUT2D eigenvalue weighted by Crippen LogP contribution is 2.27. The van der Waals surface area contributed by atoms with E-state index in [0.717, 1.165) is 17.0 Å². The van der Waals surface area contributed by atoms with Crippen LogP contribution >= 0.6 is 22.9 Å². The number of nitrogen functional groups attached to an aromatic ring is 1. The van der Waals surface area contributed by atoms with Crippen molar-refractivity contribution in [2.24, 2.45) is 0 Å². The van der Waals surface area contributed by atoms with E-state index in [1.54, 1.807) is 19.1 Å². The maximum Gasteiger partial charge on any atom is 0.254 e. The Bertz CT molecular complexity index is 660. The van der Waals surface area contributed by atoms with Crippen LogP contribution in [0.25, 0.3) is 0 Å². The van der Waals surface area contributed by atoms with Gasteiger partial charge in [-0.3, -0.25) is 4.79 Å². The van der Waals surface area contributed by atoms with Gasteiger partial charge in [0.15, 0.2) is 5.82 Å². The summed E-state index contributed by atoms with van der Waals surface area (Å²) in [5.74, 6) is -2.42. The number of hydrogen-bond acceptors (Lipinski definition) is 3. The summed E-state index contributed by atoms with van der Waals surface area (Å²) >= 11 is 7.11. The van der Waals surface area contributed by atoms with E-state index in [2.05, 4.69) is 5.32 Å². The molecular formula is C13H11ClF2N2OS. The van der Waals surface area contributed by atoms with Crippen molar-refractivity contribution in [1.82, 2.24) is 5.32 Å². The molecule has 106 valence electrons. The highest BCUT2D eigenvalue weighted by atomic mass is 35.5. The van der Waals surface area contributed by atoms with E-state index < -0.39 is 28.8 Å². The normalized spacial score (nSPS) is 12.2. The number of benzene rings is 1. The van der Waals surface area contributed by atoms with Crippen LogP contribution in [0.4, 0.5) is 14.5 Å². The largest absolute Gasteiger partial charge is 0.396 e. The summed E-state index contributed by atoms with van der Waals surface area (Å²) in [5, 5.41) is 2.57. The lowest BCUT2D eigenvalue weighted by Crippen LogP contribution is -2.27. The lowest BCUT2D eigenvalue weighted by Gasteiger charge is -2.13. The topological polar surface area (TPSA) is 55.1 Å². The van der Waals surface area contributed by atoms with Gasteiger partial charge in [0.25, 0.3) is 5.91 Å². The van der Waals surface area contributed by atoms with Gasteiger partial charge in [0, 0.05) is 4.88 Å². The smallest absolute Gasteiger partial charge is 0.254 e. The zero-order valence-corrected chi connectivity index (χ0v) is 12.0. The summed E-state index contributed by atoms with van der Waals surface area (Å²) in [6, 6.07) is 4.73. The molecule has 1 heterocycles. The van der Waals surface area contributed by atoms with E-state index in [-0.39, 0.29) is 6.04 Å². The minimum atomic E-state index is -0.930. The summed E-state index contributed by atoms with van der Waals surface area (Å²) in [7, 11) is 0. The second-order valence-corrected chi connectivity index (χ2v) is 5.94. The lowest BCUT2D eigenvalue weighted by molar-refractivity contribution is 0.0936. The number of anilines is 1. The van der Waals surface area contributed by atoms with Crippen LogP contribution in [-0.2, 0) is 0 Å². The second-order valence-electron chi connectivity index (χ2n) is 4.19. The molecule has 2 rings (SSSR count). The van der Waals surface area contributed by atoms with Gasteiger partial charge in [-0.15, -0.1) is 11.3 Å². The third kappa shape index (κ3) is 3.08. The van der Waals surface area contributed by atoms with Crippen LogP contribution in [0.1, 0.15) is 28.2 Å². The van der Waals surface area contributed by atoms with Crippen LogP contribution < -0.4 is 11.1 Å². The first-order valence-electron chi connectivity index (χ1n) is 5.69. The molecule has 1 atom stereocenters. The molecule has 0 bridgehead atoms. The maximum absolute atomic E-state index is 13.7. The number of amides is 1. The SMILES string of the molecule is CC(NC(=O)c1cc(F)cc(N)c1F)c1ccc(Cl)s1. The first kappa shape index (κ1) is 14.7. The molecule has 0 aliphatic heterocycles. The van der Waals surface area contributed by atoms with E-state index in [1.165, 1.54) is 11.3 Å². The fourth-order valence-corrected chi connectivity index (χ4v) is 2.75. The average Bonchev–Trinajstić information content (AvgIpc) is 2.80. The maximum atomic E-state index is 13.7.